The number of nitrogens with one attached hydrogen (secondary N) is 1. The topological polar surface area (TPSA) is 50.8 Å². The van der Waals surface area contributed by atoms with Crippen molar-refractivity contribution in [2.45, 2.75) is 45.2 Å². The Morgan fingerprint density at radius 3 is 2.46 bits per heavy atom. The molecule has 1 heterocycles. The van der Waals surface area contributed by atoms with Gasteiger partial charge in [-0.2, -0.15) is 0 Å². The predicted octanol–water partition coefficient (Wildman–Crippen LogP) is 4.18. The number of carbonyl (C=O) groups excluding carboxylic acids is 1. The molecule has 0 radical (unpaired) electrons. The lowest BCUT2D eigenvalue weighted by Crippen LogP contribution is -2.34. The maximum Gasteiger partial charge on any atom is 0.238 e. The van der Waals surface area contributed by atoms with E-state index in [4.69, 9.17) is 9.47 Å². The number of amides is 1. The lowest BCUT2D eigenvalue weighted by Gasteiger charge is -2.22. The Morgan fingerprint density at radius 2 is 1.79 bits per heavy atom. The second-order valence-corrected chi connectivity index (χ2v) is 7.94. The number of hydrogen-bond acceptors (Lipinski definition) is 4. The molecule has 148 valence electrons. The normalized spacial score (nSPS) is 15.7. The number of carbonyl (C=O) groups is 1. The molecule has 1 aliphatic carbocycles. The van der Waals surface area contributed by atoms with Gasteiger partial charge in [-0.05, 0) is 42.0 Å². The Balaban J connectivity index is 1.37. The zero-order chi connectivity index (χ0) is 19.5. The molecule has 1 fully saturated rings. The first-order valence-corrected chi connectivity index (χ1v) is 10.1. The van der Waals surface area contributed by atoms with Crippen LogP contribution >= 0.6 is 0 Å². The van der Waals surface area contributed by atoms with E-state index in [0.717, 1.165) is 18.0 Å². The molecule has 0 bridgehead atoms. The molecular weight excluding hydrogens is 352 g/mol. The summed E-state index contributed by atoms with van der Waals surface area (Å²) in [5.41, 5.74) is 3.34. The molecule has 0 aromatic heterocycles. The third-order valence-corrected chi connectivity index (χ3v) is 5.27. The van der Waals surface area contributed by atoms with Gasteiger partial charge in [0, 0.05) is 24.3 Å². The predicted molar refractivity (Wildman–Crippen MR) is 110 cm³/mol. The minimum atomic E-state index is 0.00220. The van der Waals surface area contributed by atoms with E-state index in [1.54, 1.807) is 0 Å². The van der Waals surface area contributed by atoms with Crippen molar-refractivity contribution >= 4 is 11.6 Å². The minimum absolute atomic E-state index is 0.00220. The molecule has 5 heteroatoms. The van der Waals surface area contributed by atoms with Gasteiger partial charge in [-0.3, -0.25) is 9.69 Å². The molecule has 2 aromatic rings. The number of nitrogens with zero attached hydrogens (tertiary/aromatic N) is 1. The van der Waals surface area contributed by atoms with E-state index in [-0.39, 0.29) is 5.91 Å². The second kappa shape index (κ2) is 8.23. The van der Waals surface area contributed by atoms with Gasteiger partial charge in [0.2, 0.25) is 5.91 Å². The average molecular weight is 380 g/mol. The number of fused-ring (bicyclic) bond motifs is 1. The molecule has 4 rings (SSSR count). The summed E-state index contributed by atoms with van der Waals surface area (Å²) in [5, 5.41) is 3.00. The van der Waals surface area contributed by atoms with Gasteiger partial charge in [0.05, 0.1) is 6.54 Å². The van der Waals surface area contributed by atoms with Crippen molar-refractivity contribution in [3.05, 3.63) is 53.6 Å². The van der Waals surface area contributed by atoms with Crippen LogP contribution in [-0.2, 0) is 11.3 Å². The summed E-state index contributed by atoms with van der Waals surface area (Å²) in [6.07, 6.45) is 2.34. The molecule has 0 atom stereocenters. The Labute approximate surface area is 166 Å². The van der Waals surface area contributed by atoms with Crippen molar-refractivity contribution in [1.29, 1.82) is 0 Å². The van der Waals surface area contributed by atoms with Crippen molar-refractivity contribution in [3.63, 3.8) is 0 Å². The lowest BCUT2D eigenvalue weighted by molar-refractivity contribution is -0.117. The van der Waals surface area contributed by atoms with E-state index in [0.29, 0.717) is 37.5 Å². The quantitative estimate of drug-likeness (QED) is 0.783. The fraction of sp³-hybridized carbons (Fsp3) is 0.435. The Kier molecular flexibility index (Phi) is 5.53. The van der Waals surface area contributed by atoms with Gasteiger partial charge in [-0.25, -0.2) is 0 Å². The second-order valence-electron chi connectivity index (χ2n) is 7.94. The SMILES string of the molecule is CC(C)c1ccc(CN(CC(=O)Nc2ccc3c(c2)OCCO3)C2CC2)cc1. The van der Waals surface area contributed by atoms with E-state index in [1.807, 2.05) is 18.2 Å². The monoisotopic (exact) mass is 380 g/mol. The third kappa shape index (κ3) is 4.65. The fourth-order valence-corrected chi connectivity index (χ4v) is 3.50. The van der Waals surface area contributed by atoms with E-state index >= 15 is 0 Å². The van der Waals surface area contributed by atoms with Gasteiger partial charge in [0.1, 0.15) is 13.2 Å². The van der Waals surface area contributed by atoms with Gasteiger partial charge in [-0.15, -0.1) is 0 Å². The smallest absolute Gasteiger partial charge is 0.238 e. The Hall–Kier alpha value is -2.53. The Bertz CT molecular complexity index is 828. The van der Waals surface area contributed by atoms with Crippen molar-refractivity contribution in [3.8, 4) is 11.5 Å². The van der Waals surface area contributed by atoms with Crippen molar-refractivity contribution in [1.82, 2.24) is 4.90 Å². The molecule has 0 spiro atoms. The maximum atomic E-state index is 12.6. The summed E-state index contributed by atoms with van der Waals surface area (Å²) < 4.78 is 11.1. The molecule has 0 saturated heterocycles. The van der Waals surface area contributed by atoms with Crippen LogP contribution in [0.15, 0.2) is 42.5 Å². The standard InChI is InChI=1S/C23H28N2O3/c1-16(2)18-5-3-17(4-6-18)14-25(20-8-9-20)15-23(26)24-19-7-10-21-22(13-19)28-12-11-27-21/h3-7,10,13,16,20H,8-9,11-12,14-15H2,1-2H3,(H,24,26). The van der Waals surface area contributed by atoms with Gasteiger partial charge in [0.25, 0.3) is 0 Å². The summed E-state index contributed by atoms with van der Waals surface area (Å²) in [6, 6.07) is 14.8. The number of hydrogen-bond donors (Lipinski definition) is 1. The van der Waals surface area contributed by atoms with E-state index in [1.165, 1.54) is 24.0 Å². The number of anilines is 1. The highest BCUT2D eigenvalue weighted by Gasteiger charge is 2.30. The first-order chi connectivity index (χ1) is 13.6. The van der Waals surface area contributed by atoms with Gasteiger partial charge in [-0.1, -0.05) is 38.1 Å². The number of ether oxygens (including phenoxy) is 2. The summed E-state index contributed by atoms with van der Waals surface area (Å²) in [4.78, 5) is 14.9. The molecular formula is C23H28N2O3. The summed E-state index contributed by atoms with van der Waals surface area (Å²) >= 11 is 0. The molecule has 5 nitrogen and oxygen atoms in total. The van der Waals surface area contributed by atoms with Crippen LogP contribution in [0.1, 0.15) is 43.7 Å². The summed E-state index contributed by atoms with van der Waals surface area (Å²) in [5.74, 6) is 1.95. The molecule has 28 heavy (non-hydrogen) atoms. The first-order valence-electron chi connectivity index (χ1n) is 10.1. The summed E-state index contributed by atoms with van der Waals surface area (Å²) in [6.45, 7) is 6.70. The van der Waals surface area contributed by atoms with Crippen LogP contribution in [0.25, 0.3) is 0 Å². The molecule has 1 saturated carbocycles. The molecule has 2 aromatic carbocycles. The molecule has 1 N–H and O–H groups in total. The maximum absolute atomic E-state index is 12.6. The van der Waals surface area contributed by atoms with Crippen molar-refractivity contribution in [2.75, 3.05) is 25.1 Å². The number of benzene rings is 2. The number of rotatable bonds is 7. The highest BCUT2D eigenvalue weighted by Crippen LogP contribution is 2.33. The molecule has 1 aliphatic heterocycles. The third-order valence-electron chi connectivity index (χ3n) is 5.27. The highest BCUT2D eigenvalue weighted by atomic mass is 16.6. The Morgan fingerprint density at radius 1 is 1.07 bits per heavy atom. The molecule has 2 aliphatic rings. The molecule has 0 unspecified atom stereocenters. The first kappa shape index (κ1) is 18.8. The highest BCUT2D eigenvalue weighted by molar-refractivity contribution is 5.92. The van der Waals surface area contributed by atoms with Crippen LogP contribution in [0.3, 0.4) is 0 Å². The minimum Gasteiger partial charge on any atom is -0.486 e. The largest absolute Gasteiger partial charge is 0.486 e. The van der Waals surface area contributed by atoms with Gasteiger partial charge in [0.15, 0.2) is 11.5 Å². The fourth-order valence-electron chi connectivity index (χ4n) is 3.50. The van der Waals surface area contributed by atoms with E-state index in [2.05, 4.69) is 48.3 Å². The van der Waals surface area contributed by atoms with Gasteiger partial charge >= 0.3 is 0 Å². The van der Waals surface area contributed by atoms with Crippen LogP contribution in [0.4, 0.5) is 5.69 Å². The van der Waals surface area contributed by atoms with Crippen molar-refractivity contribution in [2.24, 2.45) is 0 Å². The zero-order valence-electron chi connectivity index (χ0n) is 16.6. The zero-order valence-corrected chi connectivity index (χ0v) is 16.6. The van der Waals surface area contributed by atoms with Crippen LogP contribution in [-0.4, -0.2) is 36.6 Å². The van der Waals surface area contributed by atoms with Gasteiger partial charge < -0.3 is 14.8 Å². The lowest BCUT2D eigenvalue weighted by atomic mass is 10.0. The van der Waals surface area contributed by atoms with E-state index < -0.39 is 0 Å². The van der Waals surface area contributed by atoms with Crippen LogP contribution < -0.4 is 14.8 Å². The van der Waals surface area contributed by atoms with Crippen LogP contribution in [0.2, 0.25) is 0 Å². The average Bonchev–Trinajstić information content (AvgIpc) is 3.53. The van der Waals surface area contributed by atoms with Crippen LogP contribution in [0.5, 0.6) is 11.5 Å². The van der Waals surface area contributed by atoms with Crippen LogP contribution in [0, 0.1) is 0 Å². The summed E-state index contributed by atoms with van der Waals surface area (Å²) in [7, 11) is 0. The molecule has 1 amide bonds. The van der Waals surface area contributed by atoms with E-state index in [9.17, 15) is 4.79 Å². The van der Waals surface area contributed by atoms with Crippen molar-refractivity contribution < 1.29 is 14.3 Å².